The van der Waals surface area contributed by atoms with Crippen molar-refractivity contribution < 1.29 is 14.7 Å². The van der Waals surface area contributed by atoms with E-state index in [1.54, 1.807) is 0 Å². The summed E-state index contributed by atoms with van der Waals surface area (Å²) in [5.74, 6) is 1.52. The first-order valence-corrected chi connectivity index (χ1v) is 6.85. The van der Waals surface area contributed by atoms with Gasteiger partial charge in [-0.1, -0.05) is 0 Å². The van der Waals surface area contributed by atoms with Crippen LogP contribution in [0.4, 0.5) is 4.79 Å². The van der Waals surface area contributed by atoms with Gasteiger partial charge in [-0.05, 0) is 12.8 Å². The molecule has 2 rings (SSSR count). The highest BCUT2D eigenvalue weighted by Crippen LogP contribution is 2.20. The zero-order valence-corrected chi connectivity index (χ0v) is 11.6. The maximum Gasteiger partial charge on any atom is 0.326 e. The van der Waals surface area contributed by atoms with Gasteiger partial charge >= 0.3 is 12.0 Å². The highest BCUT2D eigenvalue weighted by Gasteiger charge is 2.35. The molecular weight excluding hydrogens is 272 g/mol. The van der Waals surface area contributed by atoms with E-state index in [2.05, 4.69) is 21.2 Å². The Kier molecular flexibility index (Phi) is 4.82. The molecule has 0 radical (unpaired) electrons. The Morgan fingerprint density at radius 3 is 3.10 bits per heavy atom. The van der Waals surface area contributed by atoms with Crippen LogP contribution in [0.1, 0.15) is 30.7 Å². The van der Waals surface area contributed by atoms with Crippen LogP contribution in [0.5, 0.6) is 0 Å². The standard InChI is InChI=1S/C14H18N4O3/c1-2-3-4-5-6-15-14(21)18-8-11-10(16-9-17-11)7-12(18)13(19)20/h1,9,12H,3-8H2,(H,15,21)(H,16,17)(H,19,20). The molecule has 7 nitrogen and oxygen atoms in total. The van der Waals surface area contributed by atoms with Gasteiger partial charge in [0.1, 0.15) is 6.04 Å². The Morgan fingerprint density at radius 2 is 2.38 bits per heavy atom. The number of H-pyrrole nitrogens is 1. The van der Waals surface area contributed by atoms with E-state index in [9.17, 15) is 14.7 Å². The Hall–Kier alpha value is -2.49. The van der Waals surface area contributed by atoms with Gasteiger partial charge in [0, 0.05) is 19.4 Å². The molecule has 0 aliphatic carbocycles. The molecule has 0 spiro atoms. The molecule has 3 N–H and O–H groups in total. The van der Waals surface area contributed by atoms with Crippen LogP contribution in [0, 0.1) is 12.3 Å². The van der Waals surface area contributed by atoms with Crippen molar-refractivity contribution in [1.29, 1.82) is 0 Å². The highest BCUT2D eigenvalue weighted by molar-refractivity contribution is 5.83. The summed E-state index contributed by atoms with van der Waals surface area (Å²) in [6, 6.07) is -1.25. The van der Waals surface area contributed by atoms with E-state index in [4.69, 9.17) is 6.42 Å². The number of imidazole rings is 1. The predicted octanol–water partition coefficient (Wildman–Crippen LogP) is 0.734. The minimum Gasteiger partial charge on any atom is -0.480 e. The fourth-order valence-electron chi connectivity index (χ4n) is 2.32. The number of nitrogens with one attached hydrogen (secondary N) is 2. The SMILES string of the molecule is C#CCCCCNC(=O)N1Cc2[nH]cnc2CC1C(=O)O. The molecule has 0 saturated carbocycles. The first-order valence-electron chi connectivity index (χ1n) is 6.85. The average Bonchev–Trinajstić information content (AvgIpc) is 2.92. The van der Waals surface area contributed by atoms with Crippen LogP contribution in [-0.4, -0.2) is 44.6 Å². The van der Waals surface area contributed by atoms with E-state index in [1.807, 2.05) is 0 Å². The zero-order chi connectivity index (χ0) is 15.2. The van der Waals surface area contributed by atoms with Gasteiger partial charge in [0.25, 0.3) is 0 Å². The molecule has 0 bridgehead atoms. The molecule has 7 heteroatoms. The summed E-state index contributed by atoms with van der Waals surface area (Å²) >= 11 is 0. The van der Waals surface area contributed by atoms with Gasteiger partial charge in [0.05, 0.1) is 24.3 Å². The number of carboxylic acid groups (broad SMARTS) is 1. The van der Waals surface area contributed by atoms with Crippen molar-refractivity contribution in [3.05, 3.63) is 17.7 Å². The number of aliphatic carboxylic acids is 1. The van der Waals surface area contributed by atoms with Crippen LogP contribution in [0.3, 0.4) is 0 Å². The molecule has 1 aliphatic rings. The van der Waals surface area contributed by atoms with Crippen molar-refractivity contribution in [3.63, 3.8) is 0 Å². The van der Waals surface area contributed by atoms with Crippen molar-refractivity contribution in [2.75, 3.05) is 6.54 Å². The number of aromatic nitrogens is 2. The molecule has 0 saturated heterocycles. The largest absolute Gasteiger partial charge is 0.480 e. The highest BCUT2D eigenvalue weighted by atomic mass is 16.4. The molecule has 1 aromatic rings. The fraction of sp³-hybridized carbons (Fsp3) is 0.500. The summed E-state index contributed by atoms with van der Waals surface area (Å²) in [5.41, 5.74) is 1.50. The number of unbranched alkanes of at least 4 members (excludes halogenated alkanes) is 2. The lowest BCUT2D eigenvalue weighted by molar-refractivity contribution is -0.142. The van der Waals surface area contributed by atoms with Gasteiger partial charge < -0.3 is 20.3 Å². The Bertz CT molecular complexity index is 561. The van der Waals surface area contributed by atoms with E-state index in [0.29, 0.717) is 18.7 Å². The number of hydrogen-bond donors (Lipinski definition) is 3. The van der Waals surface area contributed by atoms with Crippen LogP contribution in [0.25, 0.3) is 0 Å². The molecule has 2 amide bonds. The molecule has 1 aliphatic heterocycles. The number of carbonyl (C=O) groups excluding carboxylic acids is 1. The van der Waals surface area contributed by atoms with Crippen LogP contribution in [0.2, 0.25) is 0 Å². The summed E-state index contributed by atoms with van der Waals surface area (Å²) in [4.78, 5) is 31.8. The quantitative estimate of drug-likeness (QED) is 0.550. The van der Waals surface area contributed by atoms with E-state index in [-0.39, 0.29) is 19.0 Å². The van der Waals surface area contributed by atoms with E-state index in [0.717, 1.165) is 18.5 Å². The second-order valence-electron chi connectivity index (χ2n) is 4.91. The lowest BCUT2D eigenvalue weighted by Gasteiger charge is -2.32. The third-order valence-corrected chi connectivity index (χ3v) is 3.47. The van der Waals surface area contributed by atoms with Crippen LogP contribution in [0.15, 0.2) is 6.33 Å². The number of rotatable bonds is 5. The first-order chi connectivity index (χ1) is 10.1. The molecular formula is C14H18N4O3. The minimum atomic E-state index is -1.02. The van der Waals surface area contributed by atoms with E-state index >= 15 is 0 Å². The average molecular weight is 290 g/mol. The van der Waals surface area contributed by atoms with Gasteiger partial charge in [0.2, 0.25) is 0 Å². The molecule has 21 heavy (non-hydrogen) atoms. The minimum absolute atomic E-state index is 0.221. The van der Waals surface area contributed by atoms with Gasteiger partial charge in [-0.3, -0.25) is 0 Å². The number of aromatic amines is 1. The third kappa shape index (κ3) is 3.54. The fourth-order valence-corrected chi connectivity index (χ4v) is 2.32. The van der Waals surface area contributed by atoms with E-state index in [1.165, 1.54) is 11.2 Å². The van der Waals surface area contributed by atoms with Crippen molar-refractivity contribution in [2.45, 2.75) is 38.3 Å². The third-order valence-electron chi connectivity index (χ3n) is 3.47. The Labute approximate surface area is 122 Å². The summed E-state index contributed by atoms with van der Waals surface area (Å²) in [6.45, 7) is 0.710. The van der Waals surface area contributed by atoms with Crippen molar-refractivity contribution in [3.8, 4) is 12.3 Å². The van der Waals surface area contributed by atoms with Crippen molar-refractivity contribution in [1.82, 2.24) is 20.2 Å². The Morgan fingerprint density at radius 1 is 1.57 bits per heavy atom. The number of urea groups is 1. The van der Waals surface area contributed by atoms with Crippen LogP contribution < -0.4 is 5.32 Å². The van der Waals surface area contributed by atoms with Crippen LogP contribution in [-0.2, 0) is 17.8 Å². The molecule has 1 atom stereocenters. The predicted molar refractivity (Wildman–Crippen MR) is 75.3 cm³/mol. The zero-order valence-electron chi connectivity index (χ0n) is 11.6. The molecule has 0 aromatic carbocycles. The Balaban J connectivity index is 1.95. The lowest BCUT2D eigenvalue weighted by Crippen LogP contribution is -2.52. The summed E-state index contributed by atoms with van der Waals surface area (Å²) in [7, 11) is 0. The first kappa shape index (κ1) is 14.9. The van der Waals surface area contributed by atoms with Gasteiger partial charge in [-0.25, -0.2) is 14.6 Å². The molecule has 1 aromatic heterocycles. The topological polar surface area (TPSA) is 98.3 Å². The summed E-state index contributed by atoms with van der Waals surface area (Å²) < 4.78 is 0. The van der Waals surface area contributed by atoms with Gasteiger partial charge in [-0.15, -0.1) is 12.3 Å². The van der Waals surface area contributed by atoms with Gasteiger partial charge in [0.15, 0.2) is 0 Å². The maximum absolute atomic E-state index is 12.2. The molecule has 112 valence electrons. The summed E-state index contributed by atoms with van der Waals surface area (Å²) in [5, 5.41) is 12.0. The maximum atomic E-state index is 12.2. The van der Waals surface area contributed by atoms with Crippen molar-refractivity contribution >= 4 is 12.0 Å². The summed E-state index contributed by atoms with van der Waals surface area (Å²) in [6.07, 6.45) is 9.18. The number of terminal acetylenes is 1. The molecule has 2 heterocycles. The lowest BCUT2D eigenvalue weighted by atomic mass is 10.0. The number of nitrogens with zero attached hydrogens (tertiary/aromatic N) is 2. The smallest absolute Gasteiger partial charge is 0.326 e. The number of carbonyl (C=O) groups is 2. The normalized spacial score (nSPS) is 16.9. The second-order valence-corrected chi connectivity index (χ2v) is 4.91. The number of amides is 2. The second kappa shape index (κ2) is 6.79. The van der Waals surface area contributed by atoms with E-state index < -0.39 is 12.0 Å². The van der Waals surface area contributed by atoms with Crippen LogP contribution >= 0.6 is 0 Å². The van der Waals surface area contributed by atoms with Crippen molar-refractivity contribution in [2.24, 2.45) is 0 Å². The number of carboxylic acids is 1. The number of fused-ring (bicyclic) bond motifs is 1. The number of hydrogen-bond acceptors (Lipinski definition) is 3. The molecule has 0 fully saturated rings. The monoisotopic (exact) mass is 290 g/mol. The molecule has 1 unspecified atom stereocenters. The van der Waals surface area contributed by atoms with Gasteiger partial charge in [-0.2, -0.15) is 0 Å².